The number of nitrogens with zero attached hydrogens (tertiary/aromatic N) is 3. The van der Waals surface area contributed by atoms with E-state index < -0.39 is 0 Å². The van der Waals surface area contributed by atoms with Gasteiger partial charge in [-0.2, -0.15) is 5.10 Å². The largest absolute Gasteiger partial charge is 0.370 e. The number of rotatable bonds is 4. The number of carbonyl (C=O) groups is 1. The molecule has 0 aromatic carbocycles. The number of carbonyl (C=O) groups excluding carboxylic acids is 1. The molecule has 7 heteroatoms. The van der Waals surface area contributed by atoms with E-state index in [-0.39, 0.29) is 24.4 Å². The van der Waals surface area contributed by atoms with Crippen molar-refractivity contribution in [3.63, 3.8) is 0 Å². The summed E-state index contributed by atoms with van der Waals surface area (Å²) in [6, 6.07) is 1.59. The van der Waals surface area contributed by atoms with Gasteiger partial charge in [0.15, 0.2) is 0 Å². The third-order valence-electron chi connectivity index (χ3n) is 3.59. The molecule has 0 bridgehead atoms. The number of anilines is 1. The van der Waals surface area contributed by atoms with E-state index in [2.05, 4.69) is 16.9 Å². The van der Waals surface area contributed by atoms with Gasteiger partial charge in [-0.25, -0.2) is 10.5 Å². The maximum atomic E-state index is 12.0. The summed E-state index contributed by atoms with van der Waals surface area (Å²) in [7, 11) is 0. The summed E-state index contributed by atoms with van der Waals surface area (Å²) in [5.41, 5.74) is 2.71. The lowest BCUT2D eigenvalue weighted by atomic mass is 10.00. The quantitative estimate of drug-likeness (QED) is 0.454. The van der Waals surface area contributed by atoms with Crippen LogP contribution in [0.3, 0.4) is 0 Å². The van der Waals surface area contributed by atoms with Crippen molar-refractivity contribution in [1.29, 1.82) is 0 Å². The zero-order chi connectivity index (χ0) is 14.5. The molecule has 1 unspecified atom stereocenters. The Morgan fingerprint density at radius 3 is 3.05 bits per heavy atom. The summed E-state index contributed by atoms with van der Waals surface area (Å²) >= 11 is 0. The number of amides is 1. The van der Waals surface area contributed by atoms with E-state index in [9.17, 15) is 9.59 Å². The van der Waals surface area contributed by atoms with E-state index >= 15 is 0 Å². The molecule has 1 fully saturated rings. The lowest BCUT2D eigenvalue weighted by Gasteiger charge is -2.32. The molecule has 0 aliphatic carbocycles. The summed E-state index contributed by atoms with van der Waals surface area (Å²) in [6.45, 7) is 4.37. The number of aromatic nitrogens is 2. The molecule has 7 nitrogen and oxygen atoms in total. The molecule has 1 aromatic heterocycles. The summed E-state index contributed by atoms with van der Waals surface area (Å²) in [6.07, 6.45) is 4.21. The molecule has 0 saturated carbocycles. The molecular formula is C13H21N5O2. The molecule has 3 N–H and O–H groups in total. The van der Waals surface area contributed by atoms with Gasteiger partial charge in [-0.1, -0.05) is 6.92 Å². The van der Waals surface area contributed by atoms with E-state index in [1.54, 1.807) is 12.3 Å². The van der Waals surface area contributed by atoms with Crippen LogP contribution in [0.25, 0.3) is 0 Å². The van der Waals surface area contributed by atoms with Gasteiger partial charge in [-0.05, 0) is 18.8 Å². The molecule has 1 aliphatic heterocycles. The molecule has 1 atom stereocenters. The second kappa shape index (κ2) is 6.51. The van der Waals surface area contributed by atoms with E-state index in [0.717, 1.165) is 25.2 Å². The van der Waals surface area contributed by atoms with Crippen molar-refractivity contribution in [2.24, 2.45) is 11.8 Å². The van der Waals surface area contributed by atoms with Gasteiger partial charge in [0.1, 0.15) is 0 Å². The predicted molar refractivity (Wildman–Crippen MR) is 76.1 cm³/mol. The molecule has 0 spiro atoms. The number of aryl methyl sites for hydroxylation is 1. The second-order valence-corrected chi connectivity index (χ2v) is 5.29. The Morgan fingerprint density at radius 2 is 2.40 bits per heavy atom. The fraction of sp³-hybridized carbons (Fsp3) is 0.615. The van der Waals surface area contributed by atoms with Crippen LogP contribution in [-0.4, -0.2) is 28.8 Å². The third kappa shape index (κ3) is 3.57. The van der Waals surface area contributed by atoms with Crippen LogP contribution in [0.1, 0.15) is 26.2 Å². The standard InChI is InChI=1S/C13H21N5O2/c1-10-3-2-5-17(9-10)11-7-13(20)18(15-8-11)6-4-12(19)16-14/h7-8,10H,2-6,9,14H2,1H3,(H,16,19). The van der Waals surface area contributed by atoms with Crippen molar-refractivity contribution in [2.75, 3.05) is 18.0 Å². The number of hydrogen-bond donors (Lipinski definition) is 2. The Labute approximate surface area is 117 Å². The summed E-state index contributed by atoms with van der Waals surface area (Å²) in [4.78, 5) is 25.2. The Kier molecular flexibility index (Phi) is 4.73. The maximum Gasteiger partial charge on any atom is 0.268 e. The molecule has 1 aliphatic rings. The average molecular weight is 279 g/mol. The maximum absolute atomic E-state index is 12.0. The number of nitrogens with one attached hydrogen (secondary N) is 1. The fourth-order valence-electron chi connectivity index (χ4n) is 2.47. The van der Waals surface area contributed by atoms with Crippen LogP contribution in [0.5, 0.6) is 0 Å². The second-order valence-electron chi connectivity index (χ2n) is 5.29. The lowest BCUT2D eigenvalue weighted by Crippen LogP contribution is -2.36. The fourth-order valence-corrected chi connectivity index (χ4v) is 2.47. The van der Waals surface area contributed by atoms with Crippen LogP contribution in [0, 0.1) is 5.92 Å². The van der Waals surface area contributed by atoms with Gasteiger partial charge >= 0.3 is 0 Å². The van der Waals surface area contributed by atoms with Crippen LogP contribution in [0.2, 0.25) is 0 Å². The van der Waals surface area contributed by atoms with Crippen LogP contribution in [0.4, 0.5) is 5.69 Å². The first-order valence-corrected chi connectivity index (χ1v) is 6.91. The van der Waals surface area contributed by atoms with Gasteiger partial charge in [0, 0.05) is 25.6 Å². The highest BCUT2D eigenvalue weighted by atomic mass is 16.2. The highest BCUT2D eigenvalue weighted by Gasteiger charge is 2.17. The van der Waals surface area contributed by atoms with Crippen LogP contribution in [-0.2, 0) is 11.3 Å². The molecule has 1 aromatic rings. The Bertz CT molecular complexity index is 528. The number of hydrazine groups is 1. The van der Waals surface area contributed by atoms with E-state index in [4.69, 9.17) is 5.84 Å². The van der Waals surface area contributed by atoms with Crippen LogP contribution in [0.15, 0.2) is 17.1 Å². The van der Waals surface area contributed by atoms with Gasteiger partial charge < -0.3 is 4.90 Å². The van der Waals surface area contributed by atoms with E-state index in [0.29, 0.717) is 5.92 Å². The normalized spacial score (nSPS) is 18.9. The molecule has 1 amide bonds. The Balaban J connectivity index is 2.05. The minimum Gasteiger partial charge on any atom is -0.370 e. The van der Waals surface area contributed by atoms with E-state index in [1.807, 2.05) is 5.43 Å². The average Bonchev–Trinajstić information content (AvgIpc) is 2.45. The molecule has 1 saturated heterocycles. The van der Waals surface area contributed by atoms with Gasteiger partial charge in [0.25, 0.3) is 5.56 Å². The Morgan fingerprint density at radius 1 is 1.60 bits per heavy atom. The van der Waals surface area contributed by atoms with Gasteiger partial charge in [-0.3, -0.25) is 15.0 Å². The number of piperidine rings is 1. The van der Waals surface area contributed by atoms with Crippen molar-refractivity contribution in [3.05, 3.63) is 22.6 Å². The lowest BCUT2D eigenvalue weighted by molar-refractivity contribution is -0.121. The highest BCUT2D eigenvalue weighted by molar-refractivity contribution is 5.74. The van der Waals surface area contributed by atoms with Crippen molar-refractivity contribution in [3.8, 4) is 0 Å². The van der Waals surface area contributed by atoms with Crippen molar-refractivity contribution in [1.82, 2.24) is 15.2 Å². The molecule has 110 valence electrons. The summed E-state index contributed by atoms with van der Waals surface area (Å²) in [5.74, 6) is 5.32. The first-order valence-electron chi connectivity index (χ1n) is 6.91. The third-order valence-corrected chi connectivity index (χ3v) is 3.59. The van der Waals surface area contributed by atoms with Crippen molar-refractivity contribution < 1.29 is 4.79 Å². The van der Waals surface area contributed by atoms with Gasteiger partial charge in [-0.15, -0.1) is 0 Å². The summed E-state index contributed by atoms with van der Waals surface area (Å²) < 4.78 is 1.28. The predicted octanol–water partition coefficient (Wildman–Crippen LogP) is -0.140. The van der Waals surface area contributed by atoms with Crippen molar-refractivity contribution >= 4 is 11.6 Å². The monoisotopic (exact) mass is 279 g/mol. The molecule has 0 radical (unpaired) electrons. The van der Waals surface area contributed by atoms with Gasteiger partial charge in [0.05, 0.1) is 18.4 Å². The van der Waals surface area contributed by atoms with E-state index in [1.165, 1.54) is 11.1 Å². The zero-order valence-electron chi connectivity index (χ0n) is 11.7. The molecule has 2 rings (SSSR count). The Hall–Kier alpha value is -1.89. The first-order chi connectivity index (χ1) is 9.60. The topological polar surface area (TPSA) is 93.2 Å². The zero-order valence-corrected chi connectivity index (χ0v) is 11.7. The molecular weight excluding hydrogens is 258 g/mol. The minimum absolute atomic E-state index is 0.142. The van der Waals surface area contributed by atoms with Crippen LogP contribution >= 0.6 is 0 Å². The number of hydrogen-bond acceptors (Lipinski definition) is 5. The van der Waals surface area contributed by atoms with Crippen molar-refractivity contribution in [2.45, 2.75) is 32.7 Å². The first kappa shape index (κ1) is 14.5. The number of nitrogens with two attached hydrogens (primary N) is 1. The molecule has 20 heavy (non-hydrogen) atoms. The van der Waals surface area contributed by atoms with Gasteiger partial charge in [0.2, 0.25) is 5.91 Å². The van der Waals surface area contributed by atoms with Crippen LogP contribution < -0.4 is 21.7 Å². The minimum atomic E-state index is -0.312. The molecule has 2 heterocycles. The SMILES string of the molecule is CC1CCCN(c2cnn(CCC(=O)NN)c(=O)c2)C1. The smallest absolute Gasteiger partial charge is 0.268 e. The highest BCUT2D eigenvalue weighted by Crippen LogP contribution is 2.20. The summed E-state index contributed by atoms with van der Waals surface area (Å²) in [5, 5.41) is 4.13.